The van der Waals surface area contributed by atoms with E-state index in [1.165, 1.54) is 0 Å². The predicted octanol–water partition coefficient (Wildman–Crippen LogP) is 3.89. The molecule has 7 nitrogen and oxygen atoms in total. The van der Waals surface area contributed by atoms with Gasteiger partial charge in [0, 0.05) is 23.4 Å². The Kier molecular flexibility index (Phi) is 7.40. The van der Waals surface area contributed by atoms with Crippen LogP contribution in [0.3, 0.4) is 0 Å². The molecule has 1 aromatic heterocycles. The average molecular weight is 440 g/mol. The molecule has 2 N–H and O–H groups in total. The van der Waals surface area contributed by atoms with Crippen LogP contribution in [0.5, 0.6) is 5.75 Å². The summed E-state index contributed by atoms with van der Waals surface area (Å²) < 4.78 is 13.3. The first-order valence-corrected chi connectivity index (χ1v) is 11.1. The van der Waals surface area contributed by atoms with Crippen LogP contribution in [-0.4, -0.2) is 55.2 Å². The van der Waals surface area contributed by atoms with Gasteiger partial charge in [-0.3, -0.25) is 4.79 Å². The smallest absolute Gasteiger partial charge is 0.338 e. The third-order valence-corrected chi connectivity index (χ3v) is 5.56. The van der Waals surface area contributed by atoms with E-state index in [4.69, 9.17) is 15.2 Å². The molecule has 0 saturated carbocycles. The minimum Gasteiger partial charge on any atom is -0.492 e. The van der Waals surface area contributed by atoms with Gasteiger partial charge >= 0.3 is 5.97 Å². The number of nitrogens with zero attached hydrogens (tertiary/aromatic N) is 2. The molecule has 0 aliphatic carbocycles. The minimum atomic E-state index is -0.515. The summed E-state index contributed by atoms with van der Waals surface area (Å²) in [5.74, 6) is -0.194. The molecule has 2 aromatic carbocycles. The van der Waals surface area contributed by atoms with Crippen molar-refractivity contribution in [3.05, 3.63) is 41.0 Å². The first-order chi connectivity index (χ1) is 15.3. The Hall–Kier alpha value is -3.06. The standard InChI is InChI=1S/C25H33N3O4/c1-6-13-32-25(30)17-14-16(9-8-12-27(3)4)22-19(15-17)21-18(24(26)29)10-11-20(31-7-2)23(21)28(22)5/h10-11,14-15H,6-9,12-13H2,1-5H3,(H2,26,29). The number of rotatable bonds is 10. The molecular weight excluding hydrogens is 406 g/mol. The van der Waals surface area contributed by atoms with Crippen LogP contribution >= 0.6 is 0 Å². The number of carbonyl (C=O) groups is 2. The molecule has 0 unspecified atom stereocenters. The summed E-state index contributed by atoms with van der Waals surface area (Å²) in [7, 11) is 6.04. The zero-order chi connectivity index (χ0) is 23.4. The van der Waals surface area contributed by atoms with E-state index in [1.807, 2.05) is 51.7 Å². The largest absolute Gasteiger partial charge is 0.492 e. The summed E-state index contributed by atoms with van der Waals surface area (Å²) >= 11 is 0. The highest BCUT2D eigenvalue weighted by molar-refractivity contribution is 6.20. The molecule has 0 saturated heterocycles. The Labute approximate surface area is 189 Å². The van der Waals surface area contributed by atoms with Crippen molar-refractivity contribution >= 4 is 33.7 Å². The van der Waals surface area contributed by atoms with Gasteiger partial charge in [0.1, 0.15) is 5.75 Å². The lowest BCUT2D eigenvalue weighted by atomic mass is 9.99. The minimum absolute atomic E-state index is 0.360. The number of carbonyl (C=O) groups excluding carboxylic acids is 2. The fourth-order valence-corrected chi connectivity index (χ4v) is 4.22. The van der Waals surface area contributed by atoms with E-state index in [1.54, 1.807) is 12.1 Å². The number of hydrogen-bond donors (Lipinski definition) is 1. The molecule has 3 aromatic rings. The third-order valence-electron chi connectivity index (χ3n) is 5.56. The maximum absolute atomic E-state index is 12.8. The van der Waals surface area contributed by atoms with Crippen LogP contribution in [0, 0.1) is 0 Å². The van der Waals surface area contributed by atoms with Gasteiger partial charge in [0.25, 0.3) is 0 Å². The van der Waals surface area contributed by atoms with E-state index in [-0.39, 0.29) is 5.97 Å². The number of nitrogens with two attached hydrogens (primary N) is 1. The van der Waals surface area contributed by atoms with Gasteiger partial charge in [-0.15, -0.1) is 0 Å². The SMILES string of the molecule is CCCOC(=O)c1cc(CCCN(C)C)c2c(c1)c1c(C(N)=O)ccc(OCC)c1n2C. The maximum Gasteiger partial charge on any atom is 0.338 e. The fourth-order valence-electron chi connectivity index (χ4n) is 4.22. The molecule has 0 bridgehead atoms. The number of aromatic nitrogens is 1. The normalized spacial score (nSPS) is 11.4. The van der Waals surface area contributed by atoms with Crippen LogP contribution in [-0.2, 0) is 18.2 Å². The van der Waals surface area contributed by atoms with E-state index in [9.17, 15) is 9.59 Å². The summed E-state index contributed by atoms with van der Waals surface area (Å²) in [5.41, 5.74) is 9.43. The van der Waals surface area contributed by atoms with Crippen LogP contribution in [0.2, 0.25) is 0 Å². The number of esters is 1. The van der Waals surface area contributed by atoms with Crippen LogP contribution in [0.25, 0.3) is 21.8 Å². The van der Waals surface area contributed by atoms with E-state index < -0.39 is 5.91 Å². The van der Waals surface area contributed by atoms with Crippen LogP contribution in [0.15, 0.2) is 24.3 Å². The van der Waals surface area contributed by atoms with Gasteiger partial charge in [-0.1, -0.05) is 6.92 Å². The molecular formula is C25H33N3O4. The van der Waals surface area contributed by atoms with Gasteiger partial charge in [0.2, 0.25) is 5.91 Å². The Morgan fingerprint density at radius 2 is 1.88 bits per heavy atom. The second-order valence-electron chi connectivity index (χ2n) is 8.27. The molecule has 1 amide bonds. The fraction of sp³-hybridized carbons (Fsp3) is 0.440. The van der Waals surface area contributed by atoms with E-state index in [0.29, 0.717) is 35.5 Å². The monoisotopic (exact) mass is 439 g/mol. The van der Waals surface area contributed by atoms with Crippen molar-refractivity contribution in [3.63, 3.8) is 0 Å². The Bertz CT molecular complexity index is 1150. The van der Waals surface area contributed by atoms with Crippen molar-refractivity contribution in [3.8, 4) is 5.75 Å². The number of amides is 1. The first kappa shape index (κ1) is 23.6. The Morgan fingerprint density at radius 1 is 1.12 bits per heavy atom. The van der Waals surface area contributed by atoms with Crippen molar-refractivity contribution in [2.75, 3.05) is 33.9 Å². The van der Waals surface area contributed by atoms with Gasteiger partial charge < -0.3 is 24.7 Å². The molecule has 0 radical (unpaired) electrons. The second-order valence-corrected chi connectivity index (χ2v) is 8.27. The number of hydrogen-bond acceptors (Lipinski definition) is 5. The summed E-state index contributed by atoms with van der Waals surface area (Å²) in [6, 6.07) is 7.21. The highest BCUT2D eigenvalue weighted by Crippen LogP contribution is 2.39. The van der Waals surface area contributed by atoms with Crippen LogP contribution in [0.4, 0.5) is 0 Å². The first-order valence-electron chi connectivity index (χ1n) is 11.1. The number of benzene rings is 2. The highest BCUT2D eigenvalue weighted by Gasteiger charge is 2.23. The van der Waals surface area contributed by atoms with Crippen molar-refractivity contribution in [2.24, 2.45) is 12.8 Å². The van der Waals surface area contributed by atoms with Crippen molar-refractivity contribution in [1.82, 2.24) is 9.47 Å². The summed E-state index contributed by atoms with van der Waals surface area (Å²) in [4.78, 5) is 27.2. The number of aryl methyl sites for hydroxylation is 2. The average Bonchev–Trinajstić information content (AvgIpc) is 3.05. The van der Waals surface area contributed by atoms with Crippen LogP contribution in [0.1, 0.15) is 53.0 Å². The number of fused-ring (bicyclic) bond motifs is 3. The summed E-state index contributed by atoms with van der Waals surface area (Å²) in [6.07, 6.45) is 2.46. The highest BCUT2D eigenvalue weighted by atomic mass is 16.5. The van der Waals surface area contributed by atoms with E-state index in [2.05, 4.69) is 4.90 Å². The number of primary amides is 1. The Balaban J connectivity index is 2.34. The van der Waals surface area contributed by atoms with Gasteiger partial charge in [-0.2, -0.15) is 0 Å². The summed E-state index contributed by atoms with van der Waals surface area (Å²) in [6.45, 7) is 5.67. The molecule has 0 atom stereocenters. The molecule has 0 spiro atoms. The Morgan fingerprint density at radius 3 is 2.50 bits per heavy atom. The lowest BCUT2D eigenvalue weighted by molar-refractivity contribution is 0.0505. The van der Waals surface area contributed by atoms with Crippen molar-refractivity contribution < 1.29 is 19.1 Å². The maximum atomic E-state index is 12.8. The topological polar surface area (TPSA) is 86.8 Å². The third kappa shape index (κ3) is 4.58. The molecule has 172 valence electrons. The zero-order valence-corrected chi connectivity index (χ0v) is 19.7. The van der Waals surface area contributed by atoms with Crippen molar-refractivity contribution in [2.45, 2.75) is 33.1 Å². The molecule has 32 heavy (non-hydrogen) atoms. The second kappa shape index (κ2) is 10.0. The molecule has 0 aliphatic rings. The lowest BCUT2D eigenvalue weighted by Crippen LogP contribution is -2.14. The van der Waals surface area contributed by atoms with Gasteiger partial charge in [0.05, 0.1) is 29.8 Å². The summed E-state index contributed by atoms with van der Waals surface area (Å²) in [5, 5.41) is 1.52. The van der Waals surface area contributed by atoms with Crippen molar-refractivity contribution in [1.29, 1.82) is 0 Å². The predicted molar refractivity (Wildman–Crippen MR) is 128 cm³/mol. The van der Waals surface area contributed by atoms with Crippen LogP contribution < -0.4 is 10.5 Å². The molecule has 7 heteroatoms. The quantitative estimate of drug-likeness (QED) is 0.484. The molecule has 0 aliphatic heterocycles. The zero-order valence-electron chi connectivity index (χ0n) is 19.7. The van der Waals surface area contributed by atoms with E-state index in [0.717, 1.165) is 47.8 Å². The number of ether oxygens (including phenoxy) is 2. The van der Waals surface area contributed by atoms with E-state index >= 15 is 0 Å². The lowest BCUT2D eigenvalue weighted by Gasteiger charge is -2.12. The molecule has 1 heterocycles. The molecule has 3 rings (SSSR count). The van der Waals surface area contributed by atoms with Gasteiger partial charge in [0.15, 0.2) is 0 Å². The van der Waals surface area contributed by atoms with Gasteiger partial charge in [-0.25, -0.2) is 4.79 Å². The van der Waals surface area contributed by atoms with Gasteiger partial charge in [-0.05, 0) is 76.7 Å². The molecule has 0 fully saturated rings.